The van der Waals surface area contributed by atoms with Crippen molar-refractivity contribution in [2.45, 2.75) is 26.7 Å². The highest BCUT2D eigenvalue weighted by Gasteiger charge is 2.22. The summed E-state index contributed by atoms with van der Waals surface area (Å²) in [5, 5.41) is 5.98. The SMILES string of the molecule is CC(=O)Nc1cccc(Nc2ccc(C(=O)N3CCC(C)CC3)nc2)c1. The van der Waals surface area contributed by atoms with Crippen LogP contribution in [0.5, 0.6) is 0 Å². The zero-order valence-electron chi connectivity index (χ0n) is 15.2. The molecule has 0 saturated carbocycles. The number of likely N-dealkylation sites (tertiary alicyclic amines) is 1. The van der Waals surface area contributed by atoms with Gasteiger partial charge in [0, 0.05) is 31.4 Å². The van der Waals surface area contributed by atoms with Crippen LogP contribution in [0.3, 0.4) is 0 Å². The quantitative estimate of drug-likeness (QED) is 0.881. The number of amides is 2. The van der Waals surface area contributed by atoms with Gasteiger partial charge in [-0.25, -0.2) is 4.98 Å². The third kappa shape index (κ3) is 4.59. The van der Waals surface area contributed by atoms with Gasteiger partial charge < -0.3 is 15.5 Å². The number of aromatic nitrogens is 1. The summed E-state index contributed by atoms with van der Waals surface area (Å²) in [5.74, 6) is 0.571. The largest absolute Gasteiger partial charge is 0.354 e. The van der Waals surface area contributed by atoms with Crippen molar-refractivity contribution in [2.75, 3.05) is 23.7 Å². The van der Waals surface area contributed by atoms with Gasteiger partial charge >= 0.3 is 0 Å². The lowest BCUT2D eigenvalue weighted by Crippen LogP contribution is -2.38. The van der Waals surface area contributed by atoms with Crippen molar-refractivity contribution in [1.82, 2.24) is 9.88 Å². The number of rotatable bonds is 4. The smallest absolute Gasteiger partial charge is 0.272 e. The van der Waals surface area contributed by atoms with Crippen molar-refractivity contribution < 1.29 is 9.59 Å². The van der Waals surface area contributed by atoms with Crippen LogP contribution in [-0.4, -0.2) is 34.8 Å². The third-order valence-electron chi connectivity index (χ3n) is 4.53. The summed E-state index contributed by atoms with van der Waals surface area (Å²) in [5.41, 5.74) is 2.81. The first-order chi connectivity index (χ1) is 12.5. The molecular weight excluding hydrogens is 328 g/mol. The zero-order valence-corrected chi connectivity index (χ0v) is 15.2. The lowest BCUT2D eigenvalue weighted by molar-refractivity contribution is -0.114. The first-order valence-electron chi connectivity index (χ1n) is 8.91. The average Bonchev–Trinajstić information content (AvgIpc) is 2.62. The summed E-state index contributed by atoms with van der Waals surface area (Å²) in [6, 6.07) is 11.0. The molecule has 1 aromatic carbocycles. The lowest BCUT2D eigenvalue weighted by Gasteiger charge is -2.30. The molecule has 1 aromatic heterocycles. The highest BCUT2D eigenvalue weighted by atomic mass is 16.2. The van der Waals surface area contributed by atoms with Crippen LogP contribution in [0.15, 0.2) is 42.6 Å². The van der Waals surface area contributed by atoms with Gasteiger partial charge in [0.1, 0.15) is 5.69 Å². The number of hydrogen-bond donors (Lipinski definition) is 2. The maximum Gasteiger partial charge on any atom is 0.272 e. The summed E-state index contributed by atoms with van der Waals surface area (Å²) in [6.45, 7) is 5.31. The first-order valence-corrected chi connectivity index (χ1v) is 8.91. The molecule has 6 heteroatoms. The number of hydrogen-bond acceptors (Lipinski definition) is 4. The van der Waals surface area contributed by atoms with E-state index in [4.69, 9.17) is 0 Å². The minimum Gasteiger partial charge on any atom is -0.354 e. The third-order valence-corrected chi connectivity index (χ3v) is 4.53. The van der Waals surface area contributed by atoms with Gasteiger partial charge in [0.2, 0.25) is 5.91 Å². The van der Waals surface area contributed by atoms with E-state index in [0.29, 0.717) is 11.6 Å². The van der Waals surface area contributed by atoms with Crippen molar-refractivity contribution in [1.29, 1.82) is 0 Å². The van der Waals surface area contributed by atoms with Crippen LogP contribution in [0.1, 0.15) is 37.2 Å². The maximum atomic E-state index is 12.5. The Balaban J connectivity index is 1.64. The molecule has 0 bridgehead atoms. The minimum atomic E-state index is -0.112. The summed E-state index contributed by atoms with van der Waals surface area (Å²) in [7, 11) is 0. The second-order valence-corrected chi connectivity index (χ2v) is 6.79. The van der Waals surface area contributed by atoms with Gasteiger partial charge in [-0.05, 0) is 49.1 Å². The van der Waals surface area contributed by atoms with Crippen molar-refractivity contribution in [2.24, 2.45) is 5.92 Å². The average molecular weight is 352 g/mol. The van der Waals surface area contributed by atoms with Crippen LogP contribution in [-0.2, 0) is 4.79 Å². The summed E-state index contributed by atoms with van der Waals surface area (Å²) in [6.07, 6.45) is 3.76. The van der Waals surface area contributed by atoms with E-state index in [1.165, 1.54) is 6.92 Å². The molecule has 26 heavy (non-hydrogen) atoms. The van der Waals surface area contributed by atoms with E-state index in [-0.39, 0.29) is 11.8 Å². The number of benzene rings is 1. The second kappa shape index (κ2) is 7.99. The summed E-state index contributed by atoms with van der Waals surface area (Å²) in [4.78, 5) is 29.9. The summed E-state index contributed by atoms with van der Waals surface area (Å²) < 4.78 is 0. The van der Waals surface area contributed by atoms with Gasteiger partial charge in [-0.15, -0.1) is 0 Å². The van der Waals surface area contributed by atoms with E-state index in [0.717, 1.165) is 43.0 Å². The molecule has 136 valence electrons. The molecule has 1 fully saturated rings. The molecule has 1 saturated heterocycles. The number of nitrogens with one attached hydrogen (secondary N) is 2. The fourth-order valence-electron chi connectivity index (χ4n) is 3.01. The molecule has 2 amide bonds. The van der Waals surface area contributed by atoms with Crippen molar-refractivity contribution in [3.8, 4) is 0 Å². The fourth-order valence-corrected chi connectivity index (χ4v) is 3.01. The van der Waals surface area contributed by atoms with Gasteiger partial charge in [-0.1, -0.05) is 13.0 Å². The molecule has 0 aliphatic carbocycles. The van der Waals surface area contributed by atoms with Gasteiger partial charge in [0.15, 0.2) is 0 Å². The molecule has 2 heterocycles. The summed E-state index contributed by atoms with van der Waals surface area (Å²) >= 11 is 0. The van der Waals surface area contributed by atoms with Crippen LogP contribution in [0, 0.1) is 5.92 Å². The Hall–Kier alpha value is -2.89. The Bertz CT molecular complexity index is 781. The van der Waals surface area contributed by atoms with Gasteiger partial charge in [0.05, 0.1) is 11.9 Å². The maximum absolute atomic E-state index is 12.5. The Morgan fingerprint density at radius 1 is 1.08 bits per heavy atom. The van der Waals surface area contributed by atoms with Crippen molar-refractivity contribution in [3.63, 3.8) is 0 Å². The van der Waals surface area contributed by atoms with E-state index < -0.39 is 0 Å². The van der Waals surface area contributed by atoms with E-state index in [1.807, 2.05) is 35.2 Å². The molecule has 1 aliphatic heterocycles. The molecule has 0 unspecified atom stereocenters. The minimum absolute atomic E-state index is 0.00361. The number of piperidine rings is 1. The molecule has 6 nitrogen and oxygen atoms in total. The molecule has 2 aromatic rings. The molecule has 2 N–H and O–H groups in total. The molecular formula is C20H24N4O2. The zero-order chi connectivity index (χ0) is 18.5. The molecule has 0 spiro atoms. The highest BCUT2D eigenvalue weighted by Crippen LogP contribution is 2.21. The highest BCUT2D eigenvalue weighted by molar-refractivity contribution is 5.92. The number of nitrogens with zero attached hydrogens (tertiary/aromatic N) is 2. The topological polar surface area (TPSA) is 74.3 Å². The van der Waals surface area contributed by atoms with Gasteiger partial charge in [-0.3, -0.25) is 9.59 Å². The molecule has 0 atom stereocenters. The molecule has 1 aliphatic rings. The van der Waals surface area contributed by atoms with Crippen LogP contribution >= 0.6 is 0 Å². The second-order valence-electron chi connectivity index (χ2n) is 6.79. The predicted molar refractivity (Wildman–Crippen MR) is 103 cm³/mol. The number of carbonyl (C=O) groups is 2. The van der Waals surface area contributed by atoms with Crippen LogP contribution in [0.25, 0.3) is 0 Å². The predicted octanol–water partition coefficient (Wildman–Crippen LogP) is 3.66. The monoisotopic (exact) mass is 352 g/mol. The van der Waals surface area contributed by atoms with Crippen molar-refractivity contribution >= 4 is 28.9 Å². The van der Waals surface area contributed by atoms with E-state index >= 15 is 0 Å². The Morgan fingerprint density at radius 2 is 1.81 bits per heavy atom. The standard InChI is InChI=1S/C20H24N4O2/c1-14-8-10-24(11-9-14)20(26)19-7-6-18(13-21-19)23-17-5-3-4-16(12-17)22-15(2)25/h3-7,12-14,23H,8-11H2,1-2H3,(H,22,25). The first kappa shape index (κ1) is 17.9. The van der Waals surface area contributed by atoms with Crippen LogP contribution in [0.4, 0.5) is 17.1 Å². The van der Waals surface area contributed by atoms with Gasteiger partial charge in [0.25, 0.3) is 5.91 Å². The Labute approximate surface area is 153 Å². The van der Waals surface area contributed by atoms with Crippen LogP contribution < -0.4 is 10.6 Å². The van der Waals surface area contributed by atoms with E-state index in [1.54, 1.807) is 12.3 Å². The number of anilines is 3. The Kier molecular flexibility index (Phi) is 5.51. The molecule has 3 rings (SSSR count). The number of pyridine rings is 1. The van der Waals surface area contributed by atoms with E-state index in [2.05, 4.69) is 22.5 Å². The van der Waals surface area contributed by atoms with Crippen molar-refractivity contribution in [3.05, 3.63) is 48.3 Å². The molecule has 0 radical (unpaired) electrons. The lowest BCUT2D eigenvalue weighted by atomic mass is 9.99. The van der Waals surface area contributed by atoms with Crippen LogP contribution in [0.2, 0.25) is 0 Å². The normalized spacial score (nSPS) is 14.8. The Morgan fingerprint density at radius 3 is 2.46 bits per heavy atom. The fraction of sp³-hybridized carbons (Fsp3) is 0.350. The van der Waals surface area contributed by atoms with E-state index in [9.17, 15) is 9.59 Å². The van der Waals surface area contributed by atoms with Gasteiger partial charge in [-0.2, -0.15) is 0 Å². The number of carbonyl (C=O) groups excluding carboxylic acids is 2.